The van der Waals surface area contributed by atoms with Gasteiger partial charge in [-0.2, -0.15) is 0 Å². The second-order valence-corrected chi connectivity index (χ2v) is 3.99. The van der Waals surface area contributed by atoms with Gasteiger partial charge in [0.1, 0.15) is 5.15 Å². The van der Waals surface area contributed by atoms with Gasteiger partial charge in [-0.1, -0.05) is 11.6 Å². The van der Waals surface area contributed by atoms with Gasteiger partial charge in [0.25, 0.3) is 0 Å². The maximum Gasteiger partial charge on any atom is 0.335 e. The van der Waals surface area contributed by atoms with Crippen molar-refractivity contribution >= 4 is 23.5 Å². The molecule has 7 heteroatoms. The largest absolute Gasteiger partial charge is 0.478 e. The highest BCUT2D eigenvalue weighted by molar-refractivity contribution is 6.29. The molecule has 2 aromatic heterocycles. The second kappa shape index (κ2) is 5.03. The molecule has 2 N–H and O–H groups in total. The van der Waals surface area contributed by atoms with Crippen molar-refractivity contribution in [1.29, 1.82) is 0 Å². The number of carboxylic acids is 2. The van der Waals surface area contributed by atoms with Crippen LogP contribution in [-0.4, -0.2) is 32.1 Å². The van der Waals surface area contributed by atoms with Gasteiger partial charge in [-0.05, 0) is 24.3 Å². The molecule has 0 unspecified atom stereocenters. The summed E-state index contributed by atoms with van der Waals surface area (Å²) in [5.74, 6) is -2.26. The highest BCUT2D eigenvalue weighted by Crippen LogP contribution is 2.20. The number of hydrogen-bond donors (Lipinski definition) is 2. The van der Waals surface area contributed by atoms with E-state index in [0.29, 0.717) is 0 Å². The quantitative estimate of drug-likeness (QED) is 0.835. The number of aromatic carboxylic acids is 2. The van der Waals surface area contributed by atoms with E-state index in [-0.39, 0.29) is 27.7 Å². The van der Waals surface area contributed by atoms with E-state index in [1.807, 2.05) is 0 Å². The zero-order chi connectivity index (χ0) is 14.0. The maximum atomic E-state index is 10.9. The Kier molecular flexibility index (Phi) is 3.43. The number of rotatable bonds is 3. The molecule has 0 saturated heterocycles. The van der Waals surface area contributed by atoms with Crippen LogP contribution >= 0.6 is 11.6 Å². The number of carboxylic acid groups (broad SMARTS) is 2. The predicted molar refractivity (Wildman–Crippen MR) is 66.4 cm³/mol. The zero-order valence-corrected chi connectivity index (χ0v) is 10.1. The van der Waals surface area contributed by atoms with E-state index >= 15 is 0 Å². The first-order valence-electron chi connectivity index (χ1n) is 5.08. The van der Waals surface area contributed by atoms with Crippen molar-refractivity contribution in [3.05, 3.63) is 46.7 Å². The normalized spacial score (nSPS) is 10.2. The summed E-state index contributed by atoms with van der Waals surface area (Å²) in [7, 11) is 0. The first-order valence-corrected chi connectivity index (χ1v) is 5.46. The standard InChI is InChI=1S/C12H7ClN2O4/c13-10-5-7(12(18)19)4-9(15-10)8-3-6(11(16)17)1-2-14-8/h1-5H,(H,16,17)(H,18,19). The maximum absolute atomic E-state index is 10.9. The highest BCUT2D eigenvalue weighted by atomic mass is 35.5. The van der Waals surface area contributed by atoms with Crippen LogP contribution in [0.25, 0.3) is 11.4 Å². The molecule has 0 atom stereocenters. The van der Waals surface area contributed by atoms with Gasteiger partial charge in [-0.25, -0.2) is 14.6 Å². The Morgan fingerprint density at radius 3 is 2.26 bits per heavy atom. The topological polar surface area (TPSA) is 100 Å². The van der Waals surface area contributed by atoms with E-state index < -0.39 is 11.9 Å². The molecule has 19 heavy (non-hydrogen) atoms. The van der Waals surface area contributed by atoms with Crippen molar-refractivity contribution in [3.63, 3.8) is 0 Å². The number of nitrogens with zero attached hydrogens (tertiary/aromatic N) is 2. The average molecular weight is 279 g/mol. The Labute approximate surface area is 112 Å². The minimum absolute atomic E-state index is 0.00238. The first-order chi connectivity index (χ1) is 8.97. The molecule has 6 nitrogen and oxygen atoms in total. The van der Waals surface area contributed by atoms with Crippen LogP contribution in [0.15, 0.2) is 30.5 Å². The summed E-state index contributed by atoms with van der Waals surface area (Å²) in [6.45, 7) is 0. The van der Waals surface area contributed by atoms with Gasteiger partial charge >= 0.3 is 11.9 Å². The Morgan fingerprint density at radius 1 is 1.00 bits per heavy atom. The predicted octanol–water partition coefficient (Wildman–Crippen LogP) is 2.19. The third-order valence-electron chi connectivity index (χ3n) is 2.31. The average Bonchev–Trinajstić information content (AvgIpc) is 2.38. The second-order valence-electron chi connectivity index (χ2n) is 3.60. The SMILES string of the molecule is O=C(O)c1ccnc(-c2cc(C(=O)O)cc(Cl)n2)c1. The minimum Gasteiger partial charge on any atom is -0.478 e. The number of carbonyl (C=O) groups is 2. The molecule has 0 aliphatic heterocycles. The van der Waals surface area contributed by atoms with E-state index in [1.54, 1.807) is 0 Å². The zero-order valence-electron chi connectivity index (χ0n) is 9.37. The third-order valence-corrected chi connectivity index (χ3v) is 2.50. The molecule has 0 amide bonds. The lowest BCUT2D eigenvalue weighted by Crippen LogP contribution is -2.01. The first kappa shape index (κ1) is 13.0. The van der Waals surface area contributed by atoms with Crippen molar-refractivity contribution in [1.82, 2.24) is 9.97 Å². The molecule has 0 radical (unpaired) electrons. The van der Waals surface area contributed by atoms with Gasteiger partial charge < -0.3 is 10.2 Å². The van der Waals surface area contributed by atoms with Gasteiger partial charge in [0.2, 0.25) is 0 Å². The summed E-state index contributed by atoms with van der Waals surface area (Å²) in [5, 5.41) is 17.8. The lowest BCUT2D eigenvalue weighted by Gasteiger charge is -2.03. The van der Waals surface area contributed by atoms with Gasteiger partial charge in [-0.3, -0.25) is 4.98 Å². The number of halogens is 1. The van der Waals surface area contributed by atoms with Crippen LogP contribution in [0.5, 0.6) is 0 Å². The van der Waals surface area contributed by atoms with Crippen LogP contribution in [0.3, 0.4) is 0 Å². The van der Waals surface area contributed by atoms with Crippen molar-refractivity contribution in [2.45, 2.75) is 0 Å². The molecule has 0 aliphatic carbocycles. The van der Waals surface area contributed by atoms with Crippen LogP contribution < -0.4 is 0 Å². The Hall–Kier alpha value is -2.47. The van der Waals surface area contributed by atoms with Gasteiger partial charge in [-0.15, -0.1) is 0 Å². The fourth-order valence-electron chi connectivity index (χ4n) is 1.46. The van der Waals surface area contributed by atoms with Crippen LogP contribution in [0.2, 0.25) is 5.15 Å². The molecule has 0 saturated carbocycles. The molecule has 96 valence electrons. The summed E-state index contributed by atoms with van der Waals surface area (Å²) >= 11 is 5.73. The van der Waals surface area contributed by atoms with Crippen LogP contribution in [-0.2, 0) is 0 Å². The van der Waals surface area contributed by atoms with Crippen molar-refractivity contribution in [2.75, 3.05) is 0 Å². The molecule has 2 rings (SSSR count). The van der Waals surface area contributed by atoms with E-state index in [9.17, 15) is 9.59 Å². The van der Waals surface area contributed by atoms with Gasteiger partial charge in [0, 0.05) is 6.20 Å². The molecular weight excluding hydrogens is 272 g/mol. The van der Waals surface area contributed by atoms with E-state index in [2.05, 4.69) is 9.97 Å². The molecule has 0 fully saturated rings. The summed E-state index contributed by atoms with van der Waals surface area (Å²) in [6.07, 6.45) is 1.31. The molecular formula is C12H7ClN2O4. The van der Waals surface area contributed by atoms with E-state index in [1.165, 1.54) is 30.5 Å². The van der Waals surface area contributed by atoms with Gasteiger partial charge in [0.05, 0.1) is 22.5 Å². The lowest BCUT2D eigenvalue weighted by atomic mass is 10.1. The fourth-order valence-corrected chi connectivity index (χ4v) is 1.66. The van der Waals surface area contributed by atoms with Crippen molar-refractivity contribution in [2.24, 2.45) is 0 Å². The molecule has 0 spiro atoms. The smallest absolute Gasteiger partial charge is 0.335 e. The summed E-state index contributed by atoms with van der Waals surface area (Å²) in [4.78, 5) is 29.7. The van der Waals surface area contributed by atoms with Crippen molar-refractivity contribution in [3.8, 4) is 11.4 Å². The third kappa shape index (κ3) is 2.86. The molecule has 2 aromatic rings. The van der Waals surface area contributed by atoms with Crippen LogP contribution in [0.1, 0.15) is 20.7 Å². The molecule has 2 heterocycles. The van der Waals surface area contributed by atoms with Crippen LogP contribution in [0.4, 0.5) is 0 Å². The monoisotopic (exact) mass is 278 g/mol. The number of hydrogen-bond acceptors (Lipinski definition) is 4. The van der Waals surface area contributed by atoms with Gasteiger partial charge in [0.15, 0.2) is 0 Å². The number of aromatic nitrogens is 2. The number of pyridine rings is 2. The van der Waals surface area contributed by atoms with E-state index in [0.717, 1.165) is 0 Å². The molecule has 0 bridgehead atoms. The Bertz CT molecular complexity index is 673. The Morgan fingerprint density at radius 2 is 1.63 bits per heavy atom. The minimum atomic E-state index is -1.15. The molecule has 0 aromatic carbocycles. The molecule has 0 aliphatic rings. The van der Waals surface area contributed by atoms with Crippen molar-refractivity contribution < 1.29 is 19.8 Å². The lowest BCUT2D eigenvalue weighted by molar-refractivity contribution is 0.0686. The highest BCUT2D eigenvalue weighted by Gasteiger charge is 2.11. The summed E-state index contributed by atoms with van der Waals surface area (Å²) in [5.41, 5.74) is 0.430. The fraction of sp³-hybridized carbons (Fsp3) is 0. The Balaban J connectivity index is 2.55. The summed E-state index contributed by atoms with van der Waals surface area (Å²) in [6, 6.07) is 5.11. The summed E-state index contributed by atoms with van der Waals surface area (Å²) < 4.78 is 0. The van der Waals surface area contributed by atoms with Crippen LogP contribution in [0, 0.1) is 0 Å². The van der Waals surface area contributed by atoms with E-state index in [4.69, 9.17) is 21.8 Å².